The van der Waals surface area contributed by atoms with Crippen LogP contribution in [0.2, 0.25) is 0 Å². The van der Waals surface area contributed by atoms with E-state index in [1.165, 1.54) is 12.8 Å². The van der Waals surface area contributed by atoms with Crippen molar-refractivity contribution in [2.45, 2.75) is 52.6 Å². The van der Waals surface area contributed by atoms with E-state index in [1.54, 1.807) is 0 Å². The third kappa shape index (κ3) is 4.73. The first-order chi connectivity index (χ1) is 5.61. The fraction of sp³-hybridized carbons (Fsp3) is 1.00. The molecule has 0 aromatic rings. The Bertz CT molecular complexity index is 96.0. The Morgan fingerprint density at radius 3 is 2.00 bits per heavy atom. The number of hydrogen-bond acceptors (Lipinski definition) is 2. The van der Waals surface area contributed by atoms with E-state index in [9.17, 15) is 0 Å². The monoisotopic (exact) mass is 172 g/mol. The van der Waals surface area contributed by atoms with Crippen molar-refractivity contribution in [3.05, 3.63) is 0 Å². The van der Waals surface area contributed by atoms with Crippen LogP contribution in [0.1, 0.15) is 40.5 Å². The molecule has 0 bridgehead atoms. The first kappa shape index (κ1) is 11.9. The Hall–Kier alpha value is -0.0800. The van der Waals surface area contributed by atoms with Gasteiger partial charge in [0, 0.05) is 18.6 Å². The maximum Gasteiger partial charge on any atom is 0.0188 e. The Morgan fingerprint density at radius 2 is 1.67 bits per heavy atom. The Labute approximate surface area is 76.9 Å². The van der Waals surface area contributed by atoms with Gasteiger partial charge in [-0.2, -0.15) is 0 Å². The van der Waals surface area contributed by atoms with Crippen LogP contribution in [0.3, 0.4) is 0 Å². The molecule has 2 heteroatoms. The fourth-order valence-corrected chi connectivity index (χ4v) is 1.12. The van der Waals surface area contributed by atoms with Gasteiger partial charge in [0.05, 0.1) is 0 Å². The number of rotatable bonds is 6. The van der Waals surface area contributed by atoms with Gasteiger partial charge < -0.3 is 11.1 Å². The zero-order valence-electron chi connectivity index (χ0n) is 8.93. The van der Waals surface area contributed by atoms with Crippen LogP contribution in [-0.2, 0) is 0 Å². The van der Waals surface area contributed by atoms with E-state index in [2.05, 4.69) is 33.0 Å². The predicted octanol–water partition coefficient (Wildman–Crippen LogP) is 1.75. The Morgan fingerprint density at radius 1 is 1.17 bits per heavy atom. The summed E-state index contributed by atoms with van der Waals surface area (Å²) in [5.74, 6) is 0.576. The highest BCUT2D eigenvalue weighted by Crippen LogP contribution is 1.99. The molecule has 0 spiro atoms. The number of hydrogen-bond donors (Lipinski definition) is 2. The van der Waals surface area contributed by atoms with E-state index in [0.717, 1.165) is 6.54 Å². The molecule has 0 aromatic heterocycles. The molecule has 0 aromatic carbocycles. The molecule has 74 valence electrons. The Kier molecular flexibility index (Phi) is 6.39. The third-order valence-electron chi connectivity index (χ3n) is 2.48. The lowest BCUT2D eigenvalue weighted by molar-refractivity contribution is 0.407. The topological polar surface area (TPSA) is 38.0 Å². The van der Waals surface area contributed by atoms with Crippen molar-refractivity contribution in [2.75, 3.05) is 6.54 Å². The molecule has 1 unspecified atom stereocenters. The molecule has 12 heavy (non-hydrogen) atoms. The van der Waals surface area contributed by atoms with Gasteiger partial charge in [-0.15, -0.1) is 0 Å². The smallest absolute Gasteiger partial charge is 0.0188 e. The van der Waals surface area contributed by atoms with Gasteiger partial charge in [0.1, 0.15) is 0 Å². The lowest BCUT2D eigenvalue weighted by atomic mass is 10.0. The highest BCUT2D eigenvalue weighted by molar-refractivity contribution is 4.71. The average Bonchev–Trinajstić information content (AvgIpc) is 2.05. The molecule has 1 atom stereocenters. The van der Waals surface area contributed by atoms with Crippen LogP contribution in [0.5, 0.6) is 0 Å². The van der Waals surface area contributed by atoms with Gasteiger partial charge in [-0.25, -0.2) is 0 Å². The van der Waals surface area contributed by atoms with Crippen LogP contribution < -0.4 is 11.1 Å². The largest absolute Gasteiger partial charge is 0.326 e. The van der Waals surface area contributed by atoms with Gasteiger partial charge in [0.25, 0.3) is 0 Å². The summed E-state index contributed by atoms with van der Waals surface area (Å²) < 4.78 is 0. The molecule has 0 amide bonds. The standard InChI is InChI=1S/C10H24N2/c1-5-9(6-2)12-7-10(11)8(3)4/h8-10,12H,5-7,11H2,1-4H3. The molecule has 0 heterocycles. The maximum atomic E-state index is 5.91. The predicted molar refractivity (Wildman–Crippen MR) is 55.2 cm³/mol. The minimum absolute atomic E-state index is 0.297. The van der Waals surface area contributed by atoms with Crippen molar-refractivity contribution in [3.63, 3.8) is 0 Å². The van der Waals surface area contributed by atoms with Crippen molar-refractivity contribution >= 4 is 0 Å². The zero-order valence-corrected chi connectivity index (χ0v) is 8.93. The van der Waals surface area contributed by atoms with Crippen molar-refractivity contribution in [1.29, 1.82) is 0 Å². The van der Waals surface area contributed by atoms with Gasteiger partial charge in [-0.1, -0.05) is 27.7 Å². The van der Waals surface area contributed by atoms with E-state index < -0.39 is 0 Å². The molecular formula is C10H24N2. The van der Waals surface area contributed by atoms with E-state index in [0.29, 0.717) is 18.0 Å². The summed E-state index contributed by atoms with van der Waals surface area (Å²) in [5.41, 5.74) is 5.91. The van der Waals surface area contributed by atoms with Crippen molar-refractivity contribution in [3.8, 4) is 0 Å². The summed E-state index contributed by atoms with van der Waals surface area (Å²) in [7, 11) is 0. The molecule has 0 saturated carbocycles. The molecule has 2 nitrogen and oxygen atoms in total. The summed E-state index contributed by atoms with van der Waals surface area (Å²) in [6.45, 7) is 9.70. The van der Waals surface area contributed by atoms with E-state index in [-0.39, 0.29) is 0 Å². The van der Waals surface area contributed by atoms with Gasteiger partial charge in [0.2, 0.25) is 0 Å². The van der Waals surface area contributed by atoms with Crippen LogP contribution in [0.15, 0.2) is 0 Å². The molecular weight excluding hydrogens is 148 g/mol. The second-order valence-electron chi connectivity index (χ2n) is 3.83. The molecule has 3 N–H and O–H groups in total. The molecule has 0 fully saturated rings. The lowest BCUT2D eigenvalue weighted by Crippen LogP contribution is -2.41. The van der Waals surface area contributed by atoms with Crippen LogP contribution in [0, 0.1) is 5.92 Å². The van der Waals surface area contributed by atoms with E-state index in [4.69, 9.17) is 5.73 Å². The second kappa shape index (κ2) is 6.44. The van der Waals surface area contributed by atoms with Gasteiger partial charge in [-0.05, 0) is 18.8 Å². The van der Waals surface area contributed by atoms with Crippen LogP contribution in [0.25, 0.3) is 0 Å². The molecule has 0 saturated heterocycles. The van der Waals surface area contributed by atoms with E-state index >= 15 is 0 Å². The van der Waals surface area contributed by atoms with Crippen molar-refractivity contribution in [1.82, 2.24) is 5.32 Å². The second-order valence-corrected chi connectivity index (χ2v) is 3.83. The highest BCUT2D eigenvalue weighted by Gasteiger charge is 2.09. The van der Waals surface area contributed by atoms with Crippen molar-refractivity contribution in [2.24, 2.45) is 11.7 Å². The van der Waals surface area contributed by atoms with Crippen LogP contribution in [-0.4, -0.2) is 18.6 Å². The molecule has 0 rings (SSSR count). The average molecular weight is 172 g/mol. The minimum atomic E-state index is 0.297. The van der Waals surface area contributed by atoms with Gasteiger partial charge >= 0.3 is 0 Å². The van der Waals surface area contributed by atoms with Crippen LogP contribution >= 0.6 is 0 Å². The Balaban J connectivity index is 3.51. The van der Waals surface area contributed by atoms with Crippen molar-refractivity contribution < 1.29 is 0 Å². The SMILES string of the molecule is CCC(CC)NCC(N)C(C)C. The third-order valence-corrected chi connectivity index (χ3v) is 2.48. The first-order valence-corrected chi connectivity index (χ1v) is 5.10. The summed E-state index contributed by atoms with van der Waals surface area (Å²) in [6, 6.07) is 0.945. The molecule has 0 aliphatic heterocycles. The van der Waals surface area contributed by atoms with E-state index in [1.807, 2.05) is 0 Å². The maximum absolute atomic E-state index is 5.91. The molecule has 0 radical (unpaired) electrons. The highest BCUT2D eigenvalue weighted by atomic mass is 14.9. The molecule has 0 aliphatic rings. The summed E-state index contributed by atoms with van der Waals surface area (Å²) in [6.07, 6.45) is 2.39. The first-order valence-electron chi connectivity index (χ1n) is 5.10. The van der Waals surface area contributed by atoms with Gasteiger partial charge in [0.15, 0.2) is 0 Å². The quantitative estimate of drug-likeness (QED) is 0.640. The normalized spacial score (nSPS) is 14.2. The molecule has 0 aliphatic carbocycles. The zero-order chi connectivity index (χ0) is 9.56. The van der Waals surface area contributed by atoms with Gasteiger partial charge in [-0.3, -0.25) is 0 Å². The van der Waals surface area contributed by atoms with Crippen LogP contribution in [0.4, 0.5) is 0 Å². The summed E-state index contributed by atoms with van der Waals surface area (Å²) >= 11 is 0. The lowest BCUT2D eigenvalue weighted by Gasteiger charge is -2.20. The summed E-state index contributed by atoms with van der Waals surface area (Å²) in [4.78, 5) is 0. The summed E-state index contributed by atoms with van der Waals surface area (Å²) in [5, 5.41) is 3.48. The fourth-order valence-electron chi connectivity index (χ4n) is 1.12. The number of nitrogens with two attached hydrogens (primary N) is 1. The minimum Gasteiger partial charge on any atom is -0.326 e. The number of nitrogens with one attached hydrogen (secondary N) is 1.